The lowest BCUT2D eigenvalue weighted by Crippen LogP contribution is -2.55. The smallest absolute Gasteiger partial charge is 0.211 e. The molecule has 0 saturated heterocycles. The first-order valence-corrected chi connectivity index (χ1v) is 5.24. The van der Waals surface area contributed by atoms with Crippen molar-refractivity contribution in [3.05, 3.63) is 0 Å². The molecule has 0 aromatic heterocycles. The predicted octanol–water partition coefficient (Wildman–Crippen LogP) is 0.235. The molecule has 0 atom stereocenters. The van der Waals surface area contributed by atoms with E-state index in [2.05, 4.69) is 4.90 Å². The Morgan fingerprint density at radius 2 is 1.86 bits per heavy atom. The van der Waals surface area contributed by atoms with Gasteiger partial charge in [0.25, 0.3) is 0 Å². The van der Waals surface area contributed by atoms with Crippen LogP contribution in [0.5, 0.6) is 0 Å². The molecule has 1 amide bonds. The van der Waals surface area contributed by atoms with E-state index in [1.807, 2.05) is 14.1 Å². The van der Waals surface area contributed by atoms with Gasteiger partial charge in [-0.25, -0.2) is 0 Å². The van der Waals surface area contributed by atoms with Gasteiger partial charge in [-0.15, -0.1) is 0 Å². The molecule has 0 aromatic carbocycles. The summed E-state index contributed by atoms with van der Waals surface area (Å²) >= 11 is 0. The Morgan fingerprint density at radius 1 is 1.29 bits per heavy atom. The van der Waals surface area contributed by atoms with E-state index in [-0.39, 0.29) is 5.66 Å². The van der Waals surface area contributed by atoms with Gasteiger partial charge in [-0.1, -0.05) is 0 Å². The zero-order valence-electron chi connectivity index (χ0n) is 9.20. The molecule has 1 fully saturated rings. The third-order valence-electron chi connectivity index (χ3n) is 2.96. The van der Waals surface area contributed by atoms with Gasteiger partial charge in [0.2, 0.25) is 6.41 Å². The lowest BCUT2D eigenvalue weighted by atomic mass is 10.1. The largest absolute Gasteiger partial charge is 0.326 e. The van der Waals surface area contributed by atoms with Crippen LogP contribution in [0.25, 0.3) is 0 Å². The zero-order valence-corrected chi connectivity index (χ0v) is 9.20. The molecule has 0 unspecified atom stereocenters. The SMILES string of the molecule is CN(C)CCN(C=O)C1(N)CCCC1. The normalized spacial score (nSPS) is 20.0. The minimum Gasteiger partial charge on any atom is -0.326 e. The van der Waals surface area contributed by atoms with Crippen LogP contribution in [0.3, 0.4) is 0 Å². The Bertz CT molecular complexity index is 188. The van der Waals surface area contributed by atoms with Gasteiger partial charge < -0.3 is 15.5 Å². The van der Waals surface area contributed by atoms with Gasteiger partial charge >= 0.3 is 0 Å². The summed E-state index contributed by atoms with van der Waals surface area (Å²) in [6.45, 7) is 1.60. The molecule has 0 heterocycles. The van der Waals surface area contributed by atoms with Crippen molar-refractivity contribution in [3.8, 4) is 0 Å². The van der Waals surface area contributed by atoms with E-state index in [9.17, 15) is 4.79 Å². The molecule has 82 valence electrons. The molecule has 4 nitrogen and oxygen atoms in total. The average Bonchev–Trinajstić information content (AvgIpc) is 2.53. The minimum atomic E-state index is -0.363. The summed E-state index contributed by atoms with van der Waals surface area (Å²) in [7, 11) is 4.00. The second-order valence-electron chi connectivity index (χ2n) is 4.41. The summed E-state index contributed by atoms with van der Waals surface area (Å²) < 4.78 is 0. The van der Waals surface area contributed by atoms with Crippen LogP contribution in [0.1, 0.15) is 25.7 Å². The van der Waals surface area contributed by atoms with E-state index in [4.69, 9.17) is 5.73 Å². The molecule has 1 aliphatic rings. The predicted molar refractivity (Wildman–Crippen MR) is 56.7 cm³/mol. The summed E-state index contributed by atoms with van der Waals surface area (Å²) in [5.41, 5.74) is 5.81. The van der Waals surface area contributed by atoms with E-state index < -0.39 is 0 Å². The van der Waals surface area contributed by atoms with Crippen molar-refractivity contribution in [2.45, 2.75) is 31.3 Å². The fraction of sp³-hybridized carbons (Fsp3) is 0.900. The second kappa shape index (κ2) is 4.75. The van der Waals surface area contributed by atoms with E-state index >= 15 is 0 Å². The summed E-state index contributed by atoms with van der Waals surface area (Å²) in [6.07, 6.45) is 5.07. The fourth-order valence-corrected chi connectivity index (χ4v) is 1.96. The standard InChI is InChI=1S/C10H21N3O/c1-12(2)7-8-13(9-14)10(11)5-3-4-6-10/h9H,3-8,11H2,1-2H3. The Balaban J connectivity index is 2.48. The van der Waals surface area contributed by atoms with Crippen LogP contribution < -0.4 is 5.73 Å². The molecule has 0 aliphatic heterocycles. The number of hydrogen-bond donors (Lipinski definition) is 1. The number of amides is 1. The van der Waals surface area contributed by atoms with Crippen molar-refractivity contribution in [3.63, 3.8) is 0 Å². The fourth-order valence-electron chi connectivity index (χ4n) is 1.96. The highest BCUT2D eigenvalue weighted by molar-refractivity contribution is 5.49. The highest BCUT2D eigenvalue weighted by Gasteiger charge is 2.34. The molecule has 1 saturated carbocycles. The Kier molecular flexibility index (Phi) is 3.89. The number of nitrogens with zero attached hydrogens (tertiary/aromatic N) is 2. The molecule has 1 rings (SSSR count). The maximum Gasteiger partial charge on any atom is 0.211 e. The summed E-state index contributed by atoms with van der Waals surface area (Å²) in [5, 5.41) is 0. The Labute approximate surface area is 86.0 Å². The van der Waals surface area contributed by atoms with Crippen LogP contribution in [0.2, 0.25) is 0 Å². The van der Waals surface area contributed by atoms with E-state index in [0.717, 1.165) is 45.2 Å². The Morgan fingerprint density at radius 3 is 2.29 bits per heavy atom. The van der Waals surface area contributed by atoms with E-state index in [1.165, 1.54) is 0 Å². The first-order chi connectivity index (χ1) is 6.58. The lowest BCUT2D eigenvalue weighted by molar-refractivity contribution is -0.123. The highest BCUT2D eigenvalue weighted by Crippen LogP contribution is 2.29. The van der Waals surface area contributed by atoms with Crippen molar-refractivity contribution < 1.29 is 4.79 Å². The molecule has 1 aliphatic carbocycles. The Hall–Kier alpha value is -0.610. The average molecular weight is 199 g/mol. The molecule has 2 N–H and O–H groups in total. The van der Waals surface area contributed by atoms with Crippen LogP contribution in [-0.2, 0) is 4.79 Å². The maximum absolute atomic E-state index is 10.9. The first kappa shape index (κ1) is 11.5. The number of carbonyl (C=O) groups excluding carboxylic acids is 1. The highest BCUT2D eigenvalue weighted by atomic mass is 16.1. The number of hydrogen-bond acceptors (Lipinski definition) is 3. The van der Waals surface area contributed by atoms with Crippen LogP contribution in [0, 0.1) is 0 Å². The molecule has 0 radical (unpaired) electrons. The molecular formula is C10H21N3O. The number of likely N-dealkylation sites (N-methyl/N-ethyl adjacent to an activating group) is 1. The van der Waals surface area contributed by atoms with Crippen molar-refractivity contribution in [2.24, 2.45) is 5.73 Å². The van der Waals surface area contributed by atoms with E-state index in [0.29, 0.717) is 0 Å². The van der Waals surface area contributed by atoms with Gasteiger partial charge in [0.15, 0.2) is 0 Å². The lowest BCUT2D eigenvalue weighted by Gasteiger charge is -2.35. The van der Waals surface area contributed by atoms with Crippen molar-refractivity contribution in [1.82, 2.24) is 9.80 Å². The molecule has 0 aromatic rings. The molecule has 0 spiro atoms. The topological polar surface area (TPSA) is 49.6 Å². The third kappa shape index (κ3) is 2.69. The monoisotopic (exact) mass is 199 g/mol. The minimum absolute atomic E-state index is 0.363. The maximum atomic E-state index is 10.9. The van der Waals surface area contributed by atoms with Gasteiger partial charge in [-0.2, -0.15) is 0 Å². The van der Waals surface area contributed by atoms with Gasteiger partial charge in [-0.3, -0.25) is 4.79 Å². The van der Waals surface area contributed by atoms with Crippen molar-refractivity contribution in [1.29, 1.82) is 0 Å². The van der Waals surface area contributed by atoms with Gasteiger partial charge in [-0.05, 0) is 39.8 Å². The van der Waals surface area contributed by atoms with E-state index in [1.54, 1.807) is 4.90 Å². The summed E-state index contributed by atoms with van der Waals surface area (Å²) in [5.74, 6) is 0. The molecule has 4 heteroatoms. The summed E-state index contributed by atoms with van der Waals surface area (Å²) in [4.78, 5) is 14.8. The van der Waals surface area contributed by atoms with Gasteiger partial charge in [0, 0.05) is 13.1 Å². The number of carbonyl (C=O) groups is 1. The summed E-state index contributed by atoms with van der Waals surface area (Å²) in [6, 6.07) is 0. The van der Waals surface area contributed by atoms with Crippen LogP contribution in [-0.4, -0.2) is 49.1 Å². The molecule has 14 heavy (non-hydrogen) atoms. The molecular weight excluding hydrogens is 178 g/mol. The zero-order chi connectivity index (χ0) is 10.6. The quantitative estimate of drug-likeness (QED) is 0.509. The second-order valence-corrected chi connectivity index (χ2v) is 4.41. The number of rotatable bonds is 5. The van der Waals surface area contributed by atoms with Gasteiger partial charge in [0.1, 0.15) is 0 Å². The van der Waals surface area contributed by atoms with Gasteiger partial charge in [0.05, 0.1) is 5.66 Å². The number of nitrogens with two attached hydrogens (primary N) is 1. The van der Waals surface area contributed by atoms with Crippen LogP contribution >= 0.6 is 0 Å². The first-order valence-electron chi connectivity index (χ1n) is 5.24. The third-order valence-corrected chi connectivity index (χ3v) is 2.96. The van der Waals surface area contributed by atoms with Crippen molar-refractivity contribution in [2.75, 3.05) is 27.2 Å². The molecule has 0 bridgehead atoms. The van der Waals surface area contributed by atoms with Crippen LogP contribution in [0.15, 0.2) is 0 Å². The van der Waals surface area contributed by atoms with Crippen molar-refractivity contribution >= 4 is 6.41 Å². The van der Waals surface area contributed by atoms with Crippen LogP contribution in [0.4, 0.5) is 0 Å².